The third-order valence-electron chi connectivity index (χ3n) is 4.28. The lowest BCUT2D eigenvalue weighted by Crippen LogP contribution is -2.44. The second-order valence-electron chi connectivity index (χ2n) is 6.71. The van der Waals surface area contributed by atoms with Crippen molar-refractivity contribution in [3.63, 3.8) is 0 Å². The Labute approximate surface area is 144 Å². The molecule has 130 valence electrons. The molecule has 5 nitrogen and oxygen atoms in total. The summed E-state index contributed by atoms with van der Waals surface area (Å²) in [6, 6.07) is 10.5. The van der Waals surface area contributed by atoms with Crippen molar-refractivity contribution >= 4 is 17.4 Å². The minimum atomic E-state index is -0.637. The third kappa shape index (κ3) is 4.60. The van der Waals surface area contributed by atoms with Crippen LogP contribution < -0.4 is 11.1 Å². The lowest BCUT2D eigenvalue weighted by molar-refractivity contribution is -0.125. The zero-order valence-corrected chi connectivity index (χ0v) is 14.9. The fourth-order valence-electron chi connectivity index (χ4n) is 2.55. The molecular formula is C19H28N4O. The van der Waals surface area contributed by atoms with E-state index in [9.17, 15) is 4.79 Å². The summed E-state index contributed by atoms with van der Waals surface area (Å²) in [7, 11) is 0. The Morgan fingerprint density at radius 1 is 1.33 bits per heavy atom. The zero-order valence-electron chi connectivity index (χ0n) is 14.9. The number of amides is 1. The number of nitrogens with two attached hydrogens (primary N) is 1. The van der Waals surface area contributed by atoms with Gasteiger partial charge in [0.2, 0.25) is 5.91 Å². The largest absolute Gasteiger partial charge is 0.369 e. The Hall–Kier alpha value is -2.30. The summed E-state index contributed by atoms with van der Waals surface area (Å²) < 4.78 is 0. The minimum absolute atomic E-state index is 0.327. The molecule has 5 heteroatoms. The number of carbonyl (C=O) groups excluding carboxylic acids is 1. The summed E-state index contributed by atoms with van der Waals surface area (Å²) in [5, 5.41) is 3.31. The van der Waals surface area contributed by atoms with Gasteiger partial charge in [-0.15, -0.1) is 0 Å². The van der Waals surface area contributed by atoms with E-state index in [0.29, 0.717) is 6.54 Å². The molecule has 0 atom stereocenters. The average molecular weight is 328 g/mol. The maximum absolute atomic E-state index is 11.5. The summed E-state index contributed by atoms with van der Waals surface area (Å²) in [4.78, 5) is 18.3. The maximum Gasteiger partial charge on any atom is 0.224 e. The third-order valence-corrected chi connectivity index (χ3v) is 4.28. The minimum Gasteiger partial charge on any atom is -0.369 e. The summed E-state index contributed by atoms with van der Waals surface area (Å²) in [5.41, 5.74) is 7.46. The zero-order chi connectivity index (χ0) is 17.6. The van der Waals surface area contributed by atoms with Crippen molar-refractivity contribution in [3.05, 3.63) is 42.0 Å². The number of nitrogens with zero attached hydrogens (tertiary/aromatic N) is 2. The smallest absolute Gasteiger partial charge is 0.224 e. The van der Waals surface area contributed by atoms with Crippen LogP contribution in [0.3, 0.4) is 0 Å². The number of aliphatic imine (C=N–C) groups is 1. The second kappa shape index (κ2) is 7.99. The molecule has 1 heterocycles. The van der Waals surface area contributed by atoms with Crippen LogP contribution in [0, 0.1) is 5.41 Å². The molecule has 0 saturated heterocycles. The molecule has 0 saturated carbocycles. The van der Waals surface area contributed by atoms with E-state index in [2.05, 4.69) is 45.6 Å². The van der Waals surface area contributed by atoms with Crippen LogP contribution in [0.15, 0.2) is 41.4 Å². The van der Waals surface area contributed by atoms with E-state index in [4.69, 9.17) is 5.73 Å². The van der Waals surface area contributed by atoms with Gasteiger partial charge in [0.1, 0.15) is 0 Å². The number of rotatable bonds is 5. The van der Waals surface area contributed by atoms with Gasteiger partial charge in [-0.2, -0.15) is 0 Å². The Morgan fingerprint density at radius 2 is 2.04 bits per heavy atom. The number of guanidine groups is 1. The Kier molecular flexibility index (Phi) is 6.01. The van der Waals surface area contributed by atoms with Gasteiger partial charge in [-0.1, -0.05) is 36.4 Å². The molecule has 2 rings (SSSR count). The lowest BCUT2D eigenvalue weighted by atomic mass is 9.93. The van der Waals surface area contributed by atoms with Crippen molar-refractivity contribution in [2.24, 2.45) is 16.1 Å². The van der Waals surface area contributed by atoms with E-state index < -0.39 is 5.41 Å². The van der Waals surface area contributed by atoms with Crippen LogP contribution in [0.1, 0.15) is 32.8 Å². The van der Waals surface area contributed by atoms with Gasteiger partial charge in [-0.05, 0) is 38.3 Å². The van der Waals surface area contributed by atoms with Crippen molar-refractivity contribution in [1.29, 1.82) is 0 Å². The first-order chi connectivity index (χ1) is 11.4. The molecule has 1 aliphatic heterocycles. The first kappa shape index (κ1) is 18.0. The van der Waals surface area contributed by atoms with E-state index in [1.807, 2.05) is 26.8 Å². The molecule has 1 aliphatic rings. The number of primary amides is 1. The Morgan fingerprint density at radius 3 is 2.58 bits per heavy atom. The second-order valence-corrected chi connectivity index (χ2v) is 6.71. The van der Waals surface area contributed by atoms with E-state index >= 15 is 0 Å². The summed E-state index contributed by atoms with van der Waals surface area (Å²) in [6.07, 6.45) is 3.23. The van der Waals surface area contributed by atoms with Crippen molar-refractivity contribution < 1.29 is 4.79 Å². The highest BCUT2D eigenvalue weighted by Crippen LogP contribution is 2.22. The van der Waals surface area contributed by atoms with Gasteiger partial charge in [-0.25, -0.2) is 0 Å². The topological polar surface area (TPSA) is 70.7 Å². The van der Waals surface area contributed by atoms with Crippen LogP contribution >= 0.6 is 0 Å². The maximum atomic E-state index is 11.5. The molecule has 0 radical (unpaired) electrons. The van der Waals surface area contributed by atoms with Crippen LogP contribution in [0.25, 0.3) is 5.57 Å². The van der Waals surface area contributed by atoms with E-state index in [1.54, 1.807) is 0 Å². The van der Waals surface area contributed by atoms with Crippen molar-refractivity contribution in [2.45, 2.75) is 27.2 Å². The van der Waals surface area contributed by atoms with Crippen molar-refractivity contribution in [3.8, 4) is 0 Å². The highest BCUT2D eigenvalue weighted by atomic mass is 16.1. The van der Waals surface area contributed by atoms with Crippen LogP contribution in [-0.2, 0) is 4.79 Å². The van der Waals surface area contributed by atoms with Crippen LogP contribution in [-0.4, -0.2) is 42.9 Å². The summed E-state index contributed by atoms with van der Waals surface area (Å²) >= 11 is 0. The van der Waals surface area contributed by atoms with Crippen molar-refractivity contribution in [1.82, 2.24) is 10.2 Å². The molecule has 0 spiro atoms. The quantitative estimate of drug-likeness (QED) is 0.643. The molecule has 0 fully saturated rings. The van der Waals surface area contributed by atoms with Gasteiger partial charge < -0.3 is 16.0 Å². The molecule has 0 aromatic heterocycles. The Balaban J connectivity index is 2.08. The average Bonchev–Trinajstić information content (AvgIpc) is 2.59. The number of hydrogen-bond donors (Lipinski definition) is 2. The fourth-order valence-corrected chi connectivity index (χ4v) is 2.55. The lowest BCUT2D eigenvalue weighted by Gasteiger charge is -2.30. The molecule has 0 unspecified atom stereocenters. The van der Waals surface area contributed by atoms with Crippen LogP contribution in [0.2, 0.25) is 0 Å². The van der Waals surface area contributed by atoms with E-state index in [1.165, 1.54) is 11.1 Å². The predicted octanol–water partition coefficient (Wildman–Crippen LogP) is 2.25. The van der Waals surface area contributed by atoms with Gasteiger partial charge in [0.15, 0.2) is 5.96 Å². The SMILES string of the molecule is CCNC(=NCC(C)(C)C(N)=O)N1CC=C(c2ccccc2)CC1. The van der Waals surface area contributed by atoms with Gasteiger partial charge in [0, 0.05) is 19.6 Å². The van der Waals surface area contributed by atoms with Gasteiger partial charge >= 0.3 is 0 Å². The standard InChI is InChI=1S/C19H28N4O/c1-4-21-18(22-14-19(2,3)17(20)24)23-12-10-16(11-13-23)15-8-6-5-7-9-15/h5-10H,4,11-14H2,1-3H3,(H2,20,24)(H,21,22). The number of nitrogens with one attached hydrogen (secondary N) is 1. The van der Waals surface area contributed by atoms with E-state index in [-0.39, 0.29) is 5.91 Å². The molecule has 0 bridgehead atoms. The fraction of sp³-hybridized carbons (Fsp3) is 0.474. The molecule has 0 aliphatic carbocycles. The molecular weight excluding hydrogens is 300 g/mol. The number of carbonyl (C=O) groups is 1. The van der Waals surface area contributed by atoms with Crippen LogP contribution in [0.4, 0.5) is 0 Å². The first-order valence-electron chi connectivity index (χ1n) is 8.51. The predicted molar refractivity (Wildman–Crippen MR) is 99.6 cm³/mol. The Bertz CT molecular complexity index is 620. The molecule has 24 heavy (non-hydrogen) atoms. The summed E-state index contributed by atoms with van der Waals surface area (Å²) in [5.74, 6) is 0.516. The molecule has 1 aromatic carbocycles. The van der Waals surface area contributed by atoms with Crippen LogP contribution in [0.5, 0.6) is 0 Å². The monoisotopic (exact) mass is 328 g/mol. The van der Waals surface area contributed by atoms with Gasteiger partial charge in [0.05, 0.1) is 12.0 Å². The highest BCUT2D eigenvalue weighted by Gasteiger charge is 2.25. The number of hydrogen-bond acceptors (Lipinski definition) is 2. The van der Waals surface area contributed by atoms with Gasteiger partial charge in [0.25, 0.3) is 0 Å². The molecule has 1 amide bonds. The van der Waals surface area contributed by atoms with Crippen molar-refractivity contribution in [2.75, 3.05) is 26.2 Å². The number of benzene rings is 1. The first-order valence-corrected chi connectivity index (χ1v) is 8.51. The van der Waals surface area contributed by atoms with Gasteiger partial charge in [-0.3, -0.25) is 9.79 Å². The summed E-state index contributed by atoms with van der Waals surface area (Å²) in [6.45, 7) is 8.59. The molecule has 3 N–H and O–H groups in total. The van der Waals surface area contributed by atoms with E-state index in [0.717, 1.165) is 32.0 Å². The molecule has 1 aromatic rings. The highest BCUT2D eigenvalue weighted by molar-refractivity contribution is 5.83. The normalized spacial score (nSPS) is 15.9.